The molecule has 0 saturated carbocycles. The Hall–Kier alpha value is -1.89. The molecule has 0 aliphatic heterocycles. The molecule has 0 spiro atoms. The molecule has 0 radical (unpaired) electrons. The second kappa shape index (κ2) is 6.08. The van der Waals surface area contributed by atoms with Crippen molar-refractivity contribution in [2.75, 3.05) is 5.75 Å². The first-order chi connectivity index (χ1) is 10.5. The lowest BCUT2D eigenvalue weighted by molar-refractivity contribution is -0.119. The van der Waals surface area contributed by atoms with E-state index >= 15 is 0 Å². The molecule has 0 bridgehead atoms. The third-order valence-electron chi connectivity index (χ3n) is 3.98. The zero-order valence-electron chi connectivity index (χ0n) is 12.9. The van der Waals surface area contributed by atoms with E-state index in [4.69, 9.17) is 0 Å². The molecular formula is C15H19N5OS. The Balaban J connectivity index is 1.65. The Kier molecular flexibility index (Phi) is 4.15. The van der Waals surface area contributed by atoms with Crippen molar-refractivity contribution in [3.05, 3.63) is 34.9 Å². The maximum Gasteiger partial charge on any atom is 0.230 e. The maximum absolute atomic E-state index is 12.2. The van der Waals surface area contributed by atoms with Crippen LogP contribution in [-0.4, -0.2) is 31.9 Å². The summed E-state index contributed by atoms with van der Waals surface area (Å²) in [5.41, 5.74) is 3.83. The minimum Gasteiger partial charge on any atom is -0.348 e. The molecule has 1 aromatic heterocycles. The second-order valence-corrected chi connectivity index (χ2v) is 6.75. The lowest BCUT2D eigenvalue weighted by Crippen LogP contribution is -2.31. The molecule has 116 valence electrons. The van der Waals surface area contributed by atoms with Gasteiger partial charge in [-0.1, -0.05) is 42.4 Å². The molecule has 22 heavy (non-hydrogen) atoms. The fourth-order valence-corrected chi connectivity index (χ4v) is 3.53. The van der Waals surface area contributed by atoms with E-state index in [2.05, 4.69) is 52.9 Å². The van der Waals surface area contributed by atoms with Gasteiger partial charge < -0.3 is 5.32 Å². The van der Waals surface area contributed by atoms with Crippen LogP contribution < -0.4 is 5.32 Å². The van der Waals surface area contributed by atoms with Gasteiger partial charge in [-0.25, -0.2) is 4.68 Å². The molecule has 0 unspecified atom stereocenters. The number of carbonyl (C=O) groups is 1. The van der Waals surface area contributed by atoms with Crippen LogP contribution in [0.15, 0.2) is 23.4 Å². The molecule has 0 saturated heterocycles. The predicted octanol–water partition coefficient (Wildman–Crippen LogP) is 1.66. The number of nitrogens with one attached hydrogen (secondary N) is 1. The Bertz CT molecular complexity index is 699. The van der Waals surface area contributed by atoms with Crippen LogP contribution >= 0.6 is 11.8 Å². The molecule has 1 N–H and O–H groups in total. The number of thioether (sulfide) groups is 1. The first kappa shape index (κ1) is 15.0. The van der Waals surface area contributed by atoms with Crippen LogP contribution in [0.2, 0.25) is 0 Å². The van der Waals surface area contributed by atoms with Crippen LogP contribution in [-0.2, 0) is 18.3 Å². The Morgan fingerprint density at radius 1 is 1.50 bits per heavy atom. The van der Waals surface area contributed by atoms with Crippen molar-refractivity contribution in [1.29, 1.82) is 0 Å². The first-order valence-electron chi connectivity index (χ1n) is 7.28. The summed E-state index contributed by atoms with van der Waals surface area (Å²) in [6.07, 6.45) is 1.01. The minimum absolute atomic E-state index is 0.0132. The molecule has 2 aromatic rings. The summed E-state index contributed by atoms with van der Waals surface area (Å²) in [5.74, 6) is 0.750. The lowest BCUT2D eigenvalue weighted by atomic mass is 10.0. The van der Waals surface area contributed by atoms with Crippen molar-refractivity contribution in [2.45, 2.75) is 31.5 Å². The molecule has 0 fully saturated rings. The van der Waals surface area contributed by atoms with Crippen molar-refractivity contribution in [1.82, 2.24) is 25.5 Å². The van der Waals surface area contributed by atoms with Gasteiger partial charge in [0.1, 0.15) is 0 Å². The van der Waals surface area contributed by atoms with Gasteiger partial charge in [0.15, 0.2) is 0 Å². The second-order valence-electron chi connectivity index (χ2n) is 5.80. The van der Waals surface area contributed by atoms with Crippen LogP contribution in [0, 0.1) is 12.8 Å². The van der Waals surface area contributed by atoms with Crippen LogP contribution in [0.5, 0.6) is 0 Å². The Labute approximate surface area is 133 Å². The van der Waals surface area contributed by atoms with E-state index in [0.717, 1.165) is 6.42 Å². The molecule has 1 aliphatic rings. The number of tetrazole rings is 1. The number of aryl methyl sites for hydroxylation is 2. The molecule has 3 rings (SSSR count). The highest BCUT2D eigenvalue weighted by Crippen LogP contribution is 2.36. The number of aromatic nitrogens is 4. The van der Waals surface area contributed by atoms with Gasteiger partial charge in [-0.15, -0.1) is 5.10 Å². The van der Waals surface area contributed by atoms with E-state index in [1.807, 2.05) is 0 Å². The summed E-state index contributed by atoms with van der Waals surface area (Å²) in [6, 6.07) is 6.59. The highest BCUT2D eigenvalue weighted by Gasteiger charge is 2.30. The van der Waals surface area contributed by atoms with Gasteiger partial charge in [0, 0.05) is 7.05 Å². The van der Waals surface area contributed by atoms with Gasteiger partial charge in [0.25, 0.3) is 0 Å². The number of hydrogen-bond acceptors (Lipinski definition) is 5. The van der Waals surface area contributed by atoms with Gasteiger partial charge in [0.05, 0.1) is 11.8 Å². The van der Waals surface area contributed by atoms with E-state index in [1.54, 1.807) is 11.7 Å². The minimum atomic E-state index is 0.0132. The Morgan fingerprint density at radius 2 is 2.32 bits per heavy atom. The topological polar surface area (TPSA) is 72.7 Å². The number of fused-ring (bicyclic) bond motifs is 1. The van der Waals surface area contributed by atoms with Crippen molar-refractivity contribution >= 4 is 17.7 Å². The van der Waals surface area contributed by atoms with E-state index in [9.17, 15) is 4.79 Å². The molecular weight excluding hydrogens is 298 g/mol. The standard InChI is InChI=1S/C15H19N5OS/c1-9-4-5-11-7-10(2)14(12(11)6-9)16-13(21)8-22-15-17-18-19-20(15)3/h4-6,10,14H,7-8H2,1-3H3,(H,16,21)/t10-,14+/m0/s1. The maximum atomic E-state index is 12.2. The normalized spacial score (nSPS) is 20.0. The zero-order chi connectivity index (χ0) is 15.7. The highest BCUT2D eigenvalue weighted by atomic mass is 32.2. The van der Waals surface area contributed by atoms with Crippen LogP contribution in [0.25, 0.3) is 0 Å². The quantitative estimate of drug-likeness (QED) is 0.868. The van der Waals surface area contributed by atoms with Gasteiger partial charge >= 0.3 is 0 Å². The zero-order valence-corrected chi connectivity index (χ0v) is 13.7. The van der Waals surface area contributed by atoms with E-state index in [1.165, 1.54) is 28.5 Å². The summed E-state index contributed by atoms with van der Waals surface area (Å²) in [5, 5.41) is 15.0. The fraction of sp³-hybridized carbons (Fsp3) is 0.467. The van der Waals surface area contributed by atoms with Gasteiger partial charge in [-0.2, -0.15) is 0 Å². The van der Waals surface area contributed by atoms with Crippen LogP contribution in [0.3, 0.4) is 0 Å². The van der Waals surface area contributed by atoms with Gasteiger partial charge in [-0.3, -0.25) is 4.79 Å². The summed E-state index contributed by atoms with van der Waals surface area (Å²) in [6.45, 7) is 4.26. The molecule has 6 nitrogen and oxygen atoms in total. The SMILES string of the molecule is Cc1ccc2c(c1)[C@H](NC(=O)CSc1nnnn1C)[C@@H](C)C2. The van der Waals surface area contributed by atoms with E-state index in [-0.39, 0.29) is 11.9 Å². The highest BCUT2D eigenvalue weighted by molar-refractivity contribution is 7.99. The number of rotatable bonds is 4. The first-order valence-corrected chi connectivity index (χ1v) is 8.27. The van der Waals surface area contributed by atoms with Crippen molar-refractivity contribution in [3.63, 3.8) is 0 Å². The summed E-state index contributed by atoms with van der Waals surface area (Å²) in [7, 11) is 1.76. The Morgan fingerprint density at radius 3 is 3.05 bits per heavy atom. The lowest BCUT2D eigenvalue weighted by Gasteiger charge is -2.19. The monoisotopic (exact) mass is 317 g/mol. The molecule has 1 aliphatic carbocycles. The molecule has 1 heterocycles. The van der Waals surface area contributed by atoms with Crippen molar-refractivity contribution < 1.29 is 4.79 Å². The third-order valence-corrected chi connectivity index (χ3v) is 4.99. The molecule has 1 aromatic carbocycles. The predicted molar refractivity (Wildman–Crippen MR) is 84.5 cm³/mol. The summed E-state index contributed by atoms with van der Waals surface area (Å²) in [4.78, 5) is 12.2. The average molecular weight is 317 g/mol. The van der Waals surface area contributed by atoms with Crippen molar-refractivity contribution in [2.24, 2.45) is 13.0 Å². The van der Waals surface area contributed by atoms with Crippen molar-refractivity contribution in [3.8, 4) is 0 Å². The number of hydrogen-bond donors (Lipinski definition) is 1. The van der Waals surface area contributed by atoms with E-state index in [0.29, 0.717) is 16.8 Å². The molecule has 1 amide bonds. The smallest absolute Gasteiger partial charge is 0.230 e. The third kappa shape index (κ3) is 2.99. The summed E-state index contributed by atoms with van der Waals surface area (Å²) >= 11 is 1.35. The van der Waals surface area contributed by atoms with Crippen LogP contribution in [0.1, 0.15) is 29.7 Å². The largest absolute Gasteiger partial charge is 0.348 e. The van der Waals surface area contributed by atoms with Gasteiger partial charge in [0.2, 0.25) is 11.1 Å². The average Bonchev–Trinajstić information content (AvgIpc) is 3.01. The van der Waals surface area contributed by atoms with Gasteiger partial charge in [-0.05, 0) is 40.8 Å². The van der Waals surface area contributed by atoms with Crippen LogP contribution in [0.4, 0.5) is 0 Å². The fourth-order valence-electron chi connectivity index (χ4n) is 2.87. The number of benzene rings is 1. The molecule has 2 atom stereocenters. The molecule has 7 heteroatoms. The van der Waals surface area contributed by atoms with E-state index < -0.39 is 0 Å². The number of nitrogens with zero attached hydrogens (tertiary/aromatic N) is 4. The number of amides is 1. The summed E-state index contributed by atoms with van der Waals surface area (Å²) < 4.78 is 1.56. The number of carbonyl (C=O) groups excluding carboxylic acids is 1.